The second kappa shape index (κ2) is 7.36. The summed E-state index contributed by atoms with van der Waals surface area (Å²) in [5, 5.41) is 13.4. The summed E-state index contributed by atoms with van der Waals surface area (Å²) in [6.07, 6.45) is 0.785. The summed E-state index contributed by atoms with van der Waals surface area (Å²) >= 11 is 7.37. The van der Waals surface area contributed by atoms with E-state index in [0.717, 1.165) is 23.3 Å². The van der Waals surface area contributed by atoms with Crippen molar-refractivity contribution in [1.29, 1.82) is 0 Å². The minimum Gasteiger partial charge on any atom is -0.633 e. The van der Waals surface area contributed by atoms with Crippen LogP contribution in [0.15, 0.2) is 53.4 Å². The molecule has 1 aliphatic rings. The molecule has 128 valence electrons. The molecule has 1 heterocycles. The van der Waals surface area contributed by atoms with Crippen LogP contribution in [-0.2, 0) is 4.87 Å². The number of alkyl halides is 1. The van der Waals surface area contributed by atoms with Gasteiger partial charge in [0.2, 0.25) is 0 Å². The van der Waals surface area contributed by atoms with E-state index in [9.17, 15) is 5.21 Å². The Morgan fingerprint density at radius 1 is 1.21 bits per heavy atom. The second-order valence-corrected chi connectivity index (χ2v) is 7.98. The predicted octanol–water partition coefficient (Wildman–Crippen LogP) is 4.12. The van der Waals surface area contributed by atoms with E-state index in [1.807, 2.05) is 56.3 Å². The molecule has 3 nitrogen and oxygen atoms in total. The molecule has 3 rings (SSSR count). The van der Waals surface area contributed by atoms with E-state index in [0.29, 0.717) is 12.5 Å². The number of benzene rings is 2. The lowest BCUT2D eigenvalue weighted by Crippen LogP contribution is -3.14. The summed E-state index contributed by atoms with van der Waals surface area (Å²) in [7, 11) is 0. The molecule has 3 atom stereocenters. The molecule has 24 heavy (non-hydrogen) atoms. The summed E-state index contributed by atoms with van der Waals surface area (Å²) in [6.45, 7) is 4.56. The van der Waals surface area contributed by atoms with Gasteiger partial charge in [-0.25, -0.2) is 0 Å². The van der Waals surface area contributed by atoms with Crippen LogP contribution in [0.4, 0.5) is 0 Å². The lowest BCUT2D eigenvalue weighted by molar-refractivity contribution is -0.923. The topological polar surface area (TPSA) is 36.7 Å². The van der Waals surface area contributed by atoms with Gasteiger partial charge in [0.1, 0.15) is 11.8 Å². The maximum atomic E-state index is 13.2. The Bertz CT molecular complexity index is 711. The molecule has 3 unspecified atom stereocenters. The molecule has 0 aliphatic carbocycles. The highest BCUT2D eigenvalue weighted by atomic mass is 35.5. The minimum atomic E-state index is -0.647. The van der Waals surface area contributed by atoms with Crippen LogP contribution in [-0.4, -0.2) is 12.5 Å². The van der Waals surface area contributed by atoms with E-state index in [4.69, 9.17) is 16.3 Å². The van der Waals surface area contributed by atoms with Crippen LogP contribution in [0.2, 0.25) is 0 Å². The molecule has 0 saturated carbocycles. The largest absolute Gasteiger partial charge is 0.633 e. The van der Waals surface area contributed by atoms with Gasteiger partial charge in [0.05, 0.1) is 12.2 Å². The molecule has 0 saturated heterocycles. The lowest BCUT2D eigenvalue weighted by Gasteiger charge is -2.48. The predicted molar refractivity (Wildman–Crippen MR) is 99.7 cm³/mol. The van der Waals surface area contributed by atoms with Crippen LogP contribution in [0.5, 0.6) is 5.75 Å². The number of fused-ring (bicyclic) bond motifs is 1. The van der Waals surface area contributed by atoms with Gasteiger partial charge in [0.25, 0.3) is 0 Å². The summed E-state index contributed by atoms with van der Waals surface area (Å²) in [5.74, 6) is 1.34. The van der Waals surface area contributed by atoms with Gasteiger partial charge >= 0.3 is 0 Å². The Labute approximate surface area is 152 Å². The number of hydrogen-bond acceptors (Lipinski definition) is 3. The number of quaternary nitrogens is 1. The third kappa shape index (κ3) is 3.16. The Morgan fingerprint density at radius 2 is 1.92 bits per heavy atom. The van der Waals surface area contributed by atoms with Gasteiger partial charge in [-0.1, -0.05) is 42.1 Å². The highest BCUT2D eigenvalue weighted by Gasteiger charge is 2.44. The standard InChI is InChI=1S/C19H22ClNO2S/c1-14-15-8-3-6-11-18(15)24-19(2,21(14)22)16-9-4-5-10-17(16)23-13-7-12-20/h3-6,8-11,14,21H,7,12-13H2,1-2H3. The minimum absolute atomic E-state index is 0.122. The number of hydrogen-bond donors (Lipinski definition) is 1. The molecule has 2 aromatic carbocycles. The molecule has 0 amide bonds. The average molecular weight is 364 g/mol. The van der Waals surface area contributed by atoms with Crippen molar-refractivity contribution < 1.29 is 9.80 Å². The first-order valence-corrected chi connectivity index (χ1v) is 9.53. The van der Waals surface area contributed by atoms with Gasteiger partial charge in [-0.05, 0) is 31.5 Å². The average Bonchev–Trinajstić information content (AvgIpc) is 2.60. The zero-order valence-corrected chi connectivity index (χ0v) is 15.5. The smallest absolute Gasteiger partial charge is 0.175 e. The molecule has 0 bridgehead atoms. The van der Waals surface area contributed by atoms with E-state index < -0.39 is 4.87 Å². The van der Waals surface area contributed by atoms with Gasteiger partial charge in [-0.15, -0.1) is 11.6 Å². The monoisotopic (exact) mass is 363 g/mol. The first kappa shape index (κ1) is 17.6. The molecule has 1 aliphatic heterocycles. The van der Waals surface area contributed by atoms with Crippen LogP contribution in [0.1, 0.15) is 37.4 Å². The lowest BCUT2D eigenvalue weighted by atomic mass is 10.0. The van der Waals surface area contributed by atoms with Gasteiger partial charge in [-0.2, -0.15) is 0 Å². The summed E-state index contributed by atoms with van der Waals surface area (Å²) in [5.41, 5.74) is 2.06. The van der Waals surface area contributed by atoms with Gasteiger partial charge in [0, 0.05) is 23.3 Å². The molecular weight excluding hydrogens is 342 g/mol. The van der Waals surface area contributed by atoms with Crippen LogP contribution in [0.25, 0.3) is 0 Å². The van der Waals surface area contributed by atoms with E-state index in [1.54, 1.807) is 11.8 Å². The Hall–Kier alpha value is -1.20. The summed E-state index contributed by atoms with van der Waals surface area (Å²) < 4.78 is 5.92. The van der Waals surface area contributed by atoms with Gasteiger partial charge in [0.15, 0.2) is 4.87 Å². The van der Waals surface area contributed by atoms with Crippen LogP contribution in [0.3, 0.4) is 0 Å². The molecule has 1 N–H and O–H groups in total. The highest BCUT2D eigenvalue weighted by molar-refractivity contribution is 8.00. The Balaban J connectivity index is 1.99. The first-order chi connectivity index (χ1) is 11.6. The fraction of sp³-hybridized carbons (Fsp3) is 0.368. The van der Waals surface area contributed by atoms with Crippen molar-refractivity contribution in [1.82, 2.24) is 0 Å². The fourth-order valence-electron chi connectivity index (χ4n) is 3.17. The van der Waals surface area contributed by atoms with Crippen molar-refractivity contribution in [2.75, 3.05) is 12.5 Å². The van der Waals surface area contributed by atoms with Crippen LogP contribution >= 0.6 is 23.4 Å². The first-order valence-electron chi connectivity index (χ1n) is 8.18. The van der Waals surface area contributed by atoms with E-state index in [1.165, 1.54) is 4.90 Å². The molecule has 5 heteroatoms. The second-order valence-electron chi connectivity index (χ2n) is 6.15. The maximum absolute atomic E-state index is 13.2. The van der Waals surface area contributed by atoms with Crippen LogP contribution < -0.4 is 9.80 Å². The molecule has 0 radical (unpaired) electrons. The zero-order chi connectivity index (χ0) is 17.2. The third-order valence-corrected chi connectivity index (χ3v) is 6.19. The fourth-order valence-corrected chi connectivity index (χ4v) is 4.78. The maximum Gasteiger partial charge on any atom is 0.175 e. The number of ether oxygens (including phenoxy) is 1. The zero-order valence-electron chi connectivity index (χ0n) is 13.9. The number of para-hydroxylation sites is 1. The number of nitrogens with one attached hydrogen (secondary N) is 1. The van der Waals surface area contributed by atoms with Crippen molar-refractivity contribution in [3.63, 3.8) is 0 Å². The molecule has 0 aromatic heterocycles. The van der Waals surface area contributed by atoms with E-state index in [2.05, 4.69) is 6.07 Å². The Kier molecular flexibility index (Phi) is 5.40. The van der Waals surface area contributed by atoms with Crippen molar-refractivity contribution in [3.8, 4) is 5.75 Å². The van der Waals surface area contributed by atoms with E-state index in [-0.39, 0.29) is 11.1 Å². The number of thioether (sulfide) groups is 1. The van der Waals surface area contributed by atoms with Gasteiger partial charge in [-0.3, -0.25) is 0 Å². The van der Waals surface area contributed by atoms with Crippen molar-refractivity contribution in [3.05, 3.63) is 64.9 Å². The molecule has 0 spiro atoms. The number of rotatable bonds is 5. The quantitative estimate of drug-likeness (QED) is 0.493. The summed E-state index contributed by atoms with van der Waals surface area (Å²) in [4.78, 5) is 0.522. The highest BCUT2D eigenvalue weighted by Crippen LogP contribution is 2.46. The van der Waals surface area contributed by atoms with Gasteiger partial charge < -0.3 is 15.0 Å². The SMILES string of the molecule is CC1c2ccccc2SC(C)(c2ccccc2OCCCCl)[NH+]1[O-]. The van der Waals surface area contributed by atoms with E-state index >= 15 is 0 Å². The Morgan fingerprint density at radius 3 is 2.71 bits per heavy atom. The van der Waals surface area contributed by atoms with Crippen molar-refractivity contribution in [2.24, 2.45) is 0 Å². The summed E-state index contributed by atoms with van der Waals surface area (Å²) in [6, 6.07) is 15.9. The normalized spacial score (nSPS) is 26.0. The van der Waals surface area contributed by atoms with Crippen molar-refractivity contribution in [2.45, 2.75) is 36.1 Å². The molecule has 0 fully saturated rings. The number of halogens is 1. The third-order valence-electron chi connectivity index (χ3n) is 4.50. The molecular formula is C19H22ClNO2S. The van der Waals surface area contributed by atoms with Crippen molar-refractivity contribution >= 4 is 23.4 Å². The van der Waals surface area contributed by atoms with Crippen LogP contribution in [0, 0.1) is 5.21 Å². The molecule has 2 aromatic rings. The number of hydroxylamine groups is 2.